The van der Waals surface area contributed by atoms with Crippen LogP contribution in [0.15, 0.2) is 23.1 Å². The smallest absolute Gasteiger partial charge is 0.242 e. The third kappa shape index (κ3) is 4.79. The number of hydrogen-bond acceptors (Lipinski definition) is 6. The van der Waals surface area contributed by atoms with E-state index in [1.807, 2.05) is 6.07 Å². The van der Waals surface area contributed by atoms with Crippen molar-refractivity contribution >= 4 is 15.7 Å². The molecular weight excluding hydrogens is 282 g/mol. The molecule has 110 valence electrons. The van der Waals surface area contributed by atoms with Gasteiger partial charge in [0.15, 0.2) is 0 Å². The van der Waals surface area contributed by atoms with Crippen LogP contribution in [0, 0.1) is 11.3 Å². The second-order valence-electron chi connectivity index (χ2n) is 3.87. The lowest BCUT2D eigenvalue weighted by molar-refractivity contribution is 0.0736. The van der Waals surface area contributed by atoms with Gasteiger partial charge in [0, 0.05) is 13.7 Å². The van der Waals surface area contributed by atoms with Crippen LogP contribution in [0.25, 0.3) is 0 Å². The lowest BCUT2D eigenvalue weighted by atomic mass is 10.2. The molecule has 1 aromatic rings. The fraction of sp³-hybridized carbons (Fsp3) is 0.417. The zero-order valence-electron chi connectivity index (χ0n) is 11.1. The first kappa shape index (κ1) is 16.4. The molecule has 0 unspecified atom stereocenters. The van der Waals surface area contributed by atoms with E-state index in [9.17, 15) is 8.42 Å². The molecule has 8 heteroatoms. The van der Waals surface area contributed by atoms with Crippen molar-refractivity contribution in [1.29, 1.82) is 5.26 Å². The van der Waals surface area contributed by atoms with Crippen LogP contribution in [0.2, 0.25) is 0 Å². The van der Waals surface area contributed by atoms with Crippen LogP contribution in [-0.4, -0.2) is 41.9 Å². The van der Waals surface area contributed by atoms with Crippen LogP contribution in [0.3, 0.4) is 0 Å². The third-order valence-corrected chi connectivity index (χ3v) is 3.93. The molecule has 3 N–H and O–H groups in total. The van der Waals surface area contributed by atoms with Crippen molar-refractivity contribution in [1.82, 2.24) is 4.72 Å². The fourth-order valence-electron chi connectivity index (χ4n) is 1.43. The van der Waals surface area contributed by atoms with Gasteiger partial charge < -0.3 is 15.2 Å². The summed E-state index contributed by atoms with van der Waals surface area (Å²) in [5.41, 5.74) is 5.98. The van der Waals surface area contributed by atoms with Crippen LogP contribution in [0.1, 0.15) is 5.56 Å². The van der Waals surface area contributed by atoms with Crippen molar-refractivity contribution in [3.05, 3.63) is 23.8 Å². The molecule has 0 aliphatic rings. The van der Waals surface area contributed by atoms with Gasteiger partial charge in [0.2, 0.25) is 10.0 Å². The molecule has 0 aromatic heterocycles. The first-order valence-electron chi connectivity index (χ1n) is 5.87. The van der Waals surface area contributed by atoms with Crippen LogP contribution >= 0.6 is 0 Å². The molecule has 0 saturated carbocycles. The SMILES string of the molecule is COCCOCCNS(=O)(=O)c1ccc(C#N)cc1N. The Kier molecular flexibility index (Phi) is 6.41. The minimum atomic E-state index is -3.70. The Morgan fingerprint density at radius 1 is 1.35 bits per heavy atom. The van der Waals surface area contributed by atoms with Gasteiger partial charge >= 0.3 is 0 Å². The first-order valence-corrected chi connectivity index (χ1v) is 7.35. The number of rotatable bonds is 8. The van der Waals surface area contributed by atoms with Gasteiger partial charge in [-0.15, -0.1) is 0 Å². The largest absolute Gasteiger partial charge is 0.398 e. The molecule has 0 fully saturated rings. The van der Waals surface area contributed by atoms with Gasteiger partial charge in [-0.25, -0.2) is 13.1 Å². The molecule has 0 aliphatic heterocycles. The molecule has 7 nitrogen and oxygen atoms in total. The Morgan fingerprint density at radius 3 is 2.70 bits per heavy atom. The third-order valence-electron chi connectivity index (χ3n) is 2.40. The van der Waals surface area contributed by atoms with Crippen molar-refractivity contribution in [3.63, 3.8) is 0 Å². The number of benzene rings is 1. The zero-order valence-corrected chi connectivity index (χ0v) is 11.9. The molecule has 0 spiro atoms. The monoisotopic (exact) mass is 299 g/mol. The maximum absolute atomic E-state index is 12.0. The summed E-state index contributed by atoms with van der Waals surface area (Å²) in [6.45, 7) is 1.22. The highest BCUT2D eigenvalue weighted by molar-refractivity contribution is 7.89. The van der Waals surface area contributed by atoms with Gasteiger partial charge in [-0.1, -0.05) is 0 Å². The Hall–Kier alpha value is -1.66. The second-order valence-corrected chi connectivity index (χ2v) is 5.60. The van der Waals surface area contributed by atoms with Crippen molar-refractivity contribution in [2.75, 3.05) is 39.2 Å². The fourth-order valence-corrected chi connectivity index (χ4v) is 2.56. The topological polar surface area (TPSA) is 114 Å². The van der Waals surface area contributed by atoms with Crippen molar-refractivity contribution in [2.45, 2.75) is 4.90 Å². The predicted molar refractivity (Wildman–Crippen MR) is 73.5 cm³/mol. The van der Waals surface area contributed by atoms with E-state index in [4.69, 9.17) is 20.5 Å². The summed E-state index contributed by atoms with van der Waals surface area (Å²) in [4.78, 5) is -0.0478. The van der Waals surface area contributed by atoms with Gasteiger partial charge in [-0.05, 0) is 18.2 Å². The molecule has 0 aliphatic carbocycles. The number of nitriles is 1. The summed E-state index contributed by atoms with van der Waals surface area (Å²) >= 11 is 0. The Balaban J connectivity index is 2.59. The number of hydrogen-bond donors (Lipinski definition) is 2. The number of sulfonamides is 1. The predicted octanol–water partition coefficient (Wildman–Crippen LogP) is 0.0818. The normalized spacial score (nSPS) is 11.2. The van der Waals surface area contributed by atoms with Gasteiger partial charge in [0.25, 0.3) is 0 Å². The highest BCUT2D eigenvalue weighted by Gasteiger charge is 2.16. The standard InChI is InChI=1S/C12H17N3O4S/c1-18-6-7-19-5-4-15-20(16,17)12-3-2-10(9-13)8-11(12)14/h2-3,8,15H,4-7,14H2,1H3. The Labute approximate surface area is 118 Å². The number of nitrogens with two attached hydrogens (primary N) is 1. The maximum atomic E-state index is 12.0. The lowest BCUT2D eigenvalue weighted by Gasteiger charge is -2.09. The number of nitrogens with one attached hydrogen (secondary N) is 1. The molecule has 1 aromatic carbocycles. The average Bonchev–Trinajstić information content (AvgIpc) is 2.42. The van der Waals surface area contributed by atoms with E-state index in [2.05, 4.69) is 4.72 Å². The van der Waals surface area contributed by atoms with Gasteiger partial charge in [-0.2, -0.15) is 5.26 Å². The van der Waals surface area contributed by atoms with Crippen molar-refractivity contribution in [3.8, 4) is 6.07 Å². The average molecular weight is 299 g/mol. The molecule has 0 saturated heterocycles. The molecule has 0 radical (unpaired) electrons. The molecular formula is C12H17N3O4S. The summed E-state index contributed by atoms with van der Waals surface area (Å²) < 4.78 is 36.3. The van der Waals surface area contributed by atoms with E-state index in [1.54, 1.807) is 7.11 Å². The second kappa shape index (κ2) is 7.81. The summed E-state index contributed by atoms with van der Waals surface area (Å²) in [6.07, 6.45) is 0. The summed E-state index contributed by atoms with van der Waals surface area (Å²) in [5, 5.41) is 8.70. The molecule has 0 atom stereocenters. The minimum absolute atomic E-state index is 0.0388. The summed E-state index contributed by atoms with van der Waals surface area (Å²) in [6, 6.07) is 5.92. The number of nitrogen functional groups attached to an aromatic ring is 1. The van der Waals surface area contributed by atoms with E-state index >= 15 is 0 Å². The summed E-state index contributed by atoms with van der Waals surface area (Å²) in [7, 11) is -2.15. The molecule has 0 heterocycles. The van der Waals surface area contributed by atoms with E-state index in [-0.39, 0.29) is 23.7 Å². The van der Waals surface area contributed by atoms with Gasteiger partial charge in [0.1, 0.15) is 4.90 Å². The highest BCUT2D eigenvalue weighted by atomic mass is 32.2. The van der Waals surface area contributed by atoms with Crippen LogP contribution < -0.4 is 10.5 Å². The van der Waals surface area contributed by atoms with Crippen LogP contribution in [0.4, 0.5) is 5.69 Å². The van der Waals surface area contributed by atoms with E-state index in [1.165, 1.54) is 18.2 Å². The lowest BCUT2D eigenvalue weighted by Crippen LogP contribution is -2.28. The Morgan fingerprint density at radius 2 is 2.10 bits per heavy atom. The maximum Gasteiger partial charge on any atom is 0.242 e. The van der Waals surface area contributed by atoms with Gasteiger partial charge in [-0.3, -0.25) is 0 Å². The molecule has 0 bridgehead atoms. The first-order chi connectivity index (χ1) is 9.51. The quantitative estimate of drug-likeness (QED) is 0.519. The number of nitrogens with zero attached hydrogens (tertiary/aromatic N) is 1. The summed E-state index contributed by atoms with van der Waals surface area (Å²) in [5.74, 6) is 0. The van der Waals surface area contributed by atoms with Crippen LogP contribution in [0.5, 0.6) is 0 Å². The molecule has 0 amide bonds. The Bertz CT molecular complexity index is 581. The molecule has 1 rings (SSSR count). The number of methoxy groups -OCH3 is 1. The van der Waals surface area contributed by atoms with Crippen molar-refractivity contribution < 1.29 is 17.9 Å². The molecule has 20 heavy (non-hydrogen) atoms. The minimum Gasteiger partial charge on any atom is -0.398 e. The van der Waals surface area contributed by atoms with E-state index < -0.39 is 10.0 Å². The number of anilines is 1. The van der Waals surface area contributed by atoms with Gasteiger partial charge in [0.05, 0.1) is 37.1 Å². The van der Waals surface area contributed by atoms with Crippen LogP contribution in [-0.2, 0) is 19.5 Å². The van der Waals surface area contributed by atoms with E-state index in [0.29, 0.717) is 18.8 Å². The highest BCUT2D eigenvalue weighted by Crippen LogP contribution is 2.19. The van der Waals surface area contributed by atoms with E-state index in [0.717, 1.165) is 0 Å². The number of ether oxygens (including phenoxy) is 2. The van der Waals surface area contributed by atoms with Crippen molar-refractivity contribution in [2.24, 2.45) is 0 Å². The zero-order chi connectivity index (χ0) is 15.0.